The number of rotatable bonds is 5. The molecule has 1 aliphatic rings. The van der Waals surface area contributed by atoms with E-state index in [2.05, 4.69) is 4.72 Å². The Kier molecular flexibility index (Phi) is 4.22. The van der Waals surface area contributed by atoms with Crippen LogP contribution in [0.2, 0.25) is 0 Å². The molecule has 112 valence electrons. The van der Waals surface area contributed by atoms with E-state index in [9.17, 15) is 8.42 Å². The largest absolute Gasteiger partial charge is 0.495 e. The van der Waals surface area contributed by atoms with Gasteiger partial charge in [0.15, 0.2) is 0 Å². The van der Waals surface area contributed by atoms with Crippen LogP contribution in [0.5, 0.6) is 5.75 Å². The SMILES string of the molecule is COc1cc(N)ccc1S(=O)(=O)NCC1(C)CCCO1. The Balaban J connectivity index is 2.18. The zero-order chi connectivity index (χ0) is 14.8. The van der Waals surface area contributed by atoms with E-state index >= 15 is 0 Å². The Morgan fingerprint density at radius 1 is 1.50 bits per heavy atom. The third-order valence-electron chi connectivity index (χ3n) is 3.41. The fourth-order valence-electron chi connectivity index (χ4n) is 2.21. The summed E-state index contributed by atoms with van der Waals surface area (Å²) in [5.41, 5.74) is 5.64. The molecule has 1 atom stereocenters. The van der Waals surface area contributed by atoms with Crippen LogP contribution in [0.15, 0.2) is 23.1 Å². The molecule has 0 aliphatic carbocycles. The molecule has 1 fully saturated rings. The number of nitrogen functional groups attached to an aromatic ring is 1. The summed E-state index contributed by atoms with van der Waals surface area (Å²) in [5.74, 6) is 0.231. The molecule has 3 N–H and O–H groups in total. The van der Waals surface area contributed by atoms with Gasteiger partial charge in [-0.15, -0.1) is 0 Å². The van der Waals surface area contributed by atoms with Gasteiger partial charge in [0.05, 0.1) is 12.7 Å². The number of hydrogen-bond donors (Lipinski definition) is 2. The lowest BCUT2D eigenvalue weighted by atomic mass is 10.0. The Bertz CT molecular complexity index is 580. The maximum Gasteiger partial charge on any atom is 0.244 e. The van der Waals surface area contributed by atoms with E-state index in [1.54, 1.807) is 0 Å². The van der Waals surface area contributed by atoms with Crippen LogP contribution in [-0.2, 0) is 14.8 Å². The lowest BCUT2D eigenvalue weighted by Crippen LogP contribution is -2.40. The maximum atomic E-state index is 12.3. The number of nitrogens with two attached hydrogens (primary N) is 1. The molecule has 1 aromatic rings. The number of hydrogen-bond acceptors (Lipinski definition) is 5. The lowest BCUT2D eigenvalue weighted by Gasteiger charge is -2.23. The second-order valence-electron chi connectivity index (χ2n) is 5.14. The van der Waals surface area contributed by atoms with Crippen LogP contribution in [0.3, 0.4) is 0 Å². The normalized spacial score (nSPS) is 22.9. The van der Waals surface area contributed by atoms with Gasteiger partial charge in [0, 0.05) is 24.9 Å². The summed E-state index contributed by atoms with van der Waals surface area (Å²) < 4.78 is 37.9. The van der Waals surface area contributed by atoms with Gasteiger partial charge in [0.2, 0.25) is 10.0 Å². The number of methoxy groups -OCH3 is 1. The van der Waals surface area contributed by atoms with Gasteiger partial charge in [-0.3, -0.25) is 0 Å². The topological polar surface area (TPSA) is 90.7 Å². The molecule has 0 bridgehead atoms. The smallest absolute Gasteiger partial charge is 0.244 e. The molecule has 6 nitrogen and oxygen atoms in total. The predicted molar refractivity (Wildman–Crippen MR) is 76.2 cm³/mol. The van der Waals surface area contributed by atoms with Gasteiger partial charge in [-0.2, -0.15) is 0 Å². The molecular formula is C13H20N2O4S. The van der Waals surface area contributed by atoms with Crippen molar-refractivity contribution < 1.29 is 17.9 Å². The number of sulfonamides is 1. The maximum absolute atomic E-state index is 12.3. The van der Waals surface area contributed by atoms with Gasteiger partial charge >= 0.3 is 0 Å². The second kappa shape index (κ2) is 5.59. The zero-order valence-corrected chi connectivity index (χ0v) is 12.5. The first kappa shape index (κ1) is 15.1. The van der Waals surface area contributed by atoms with Gasteiger partial charge in [0.25, 0.3) is 0 Å². The summed E-state index contributed by atoms with van der Waals surface area (Å²) in [7, 11) is -2.24. The molecule has 1 unspecified atom stereocenters. The van der Waals surface area contributed by atoms with Crippen molar-refractivity contribution in [1.82, 2.24) is 4.72 Å². The third-order valence-corrected chi connectivity index (χ3v) is 4.85. The monoisotopic (exact) mass is 300 g/mol. The summed E-state index contributed by atoms with van der Waals surface area (Å²) in [6, 6.07) is 4.46. The first-order valence-electron chi connectivity index (χ1n) is 6.43. The number of nitrogens with one attached hydrogen (secondary N) is 1. The highest BCUT2D eigenvalue weighted by Gasteiger charge is 2.32. The van der Waals surface area contributed by atoms with Gasteiger partial charge in [-0.05, 0) is 31.9 Å². The highest BCUT2D eigenvalue weighted by Crippen LogP contribution is 2.28. The Morgan fingerprint density at radius 3 is 2.85 bits per heavy atom. The molecule has 1 heterocycles. The molecule has 0 saturated carbocycles. The van der Waals surface area contributed by atoms with Crippen LogP contribution in [0, 0.1) is 0 Å². The molecule has 0 radical (unpaired) electrons. The van der Waals surface area contributed by atoms with Gasteiger partial charge in [-0.25, -0.2) is 13.1 Å². The second-order valence-corrected chi connectivity index (χ2v) is 6.87. The van der Waals surface area contributed by atoms with Gasteiger partial charge < -0.3 is 15.2 Å². The van der Waals surface area contributed by atoms with E-state index in [0.717, 1.165) is 12.8 Å². The molecule has 1 aromatic carbocycles. The molecule has 0 amide bonds. The summed E-state index contributed by atoms with van der Waals surface area (Å²) in [4.78, 5) is 0.0794. The van der Waals surface area contributed by atoms with Crippen LogP contribution < -0.4 is 15.2 Å². The molecule has 2 rings (SSSR count). The molecule has 7 heteroatoms. The number of ether oxygens (including phenoxy) is 2. The summed E-state index contributed by atoms with van der Waals surface area (Å²) in [5, 5.41) is 0. The Morgan fingerprint density at radius 2 is 2.25 bits per heavy atom. The van der Waals surface area contributed by atoms with Crippen LogP contribution in [0.4, 0.5) is 5.69 Å². The average molecular weight is 300 g/mol. The Labute approximate surface area is 119 Å². The van der Waals surface area contributed by atoms with Crippen LogP contribution >= 0.6 is 0 Å². The van der Waals surface area contributed by atoms with Crippen molar-refractivity contribution in [2.75, 3.05) is 26.0 Å². The van der Waals surface area contributed by atoms with E-state index in [-0.39, 0.29) is 17.2 Å². The molecule has 20 heavy (non-hydrogen) atoms. The van der Waals surface area contributed by atoms with Crippen molar-refractivity contribution in [3.63, 3.8) is 0 Å². The molecular weight excluding hydrogens is 280 g/mol. The number of benzene rings is 1. The Hall–Kier alpha value is -1.31. The fourth-order valence-corrected chi connectivity index (χ4v) is 3.51. The van der Waals surface area contributed by atoms with Crippen LogP contribution in [0.1, 0.15) is 19.8 Å². The van der Waals surface area contributed by atoms with E-state index < -0.39 is 15.6 Å². The standard InChI is InChI=1S/C13H20N2O4S/c1-13(6-3-7-19-13)9-15-20(16,17)12-5-4-10(14)8-11(12)18-2/h4-5,8,15H,3,6-7,9,14H2,1-2H3. The highest BCUT2D eigenvalue weighted by molar-refractivity contribution is 7.89. The van der Waals surface area contributed by atoms with Crippen LogP contribution in [0.25, 0.3) is 0 Å². The van der Waals surface area contributed by atoms with E-state index in [1.165, 1.54) is 25.3 Å². The van der Waals surface area contributed by atoms with Crippen molar-refractivity contribution in [3.05, 3.63) is 18.2 Å². The van der Waals surface area contributed by atoms with Gasteiger partial charge in [0.1, 0.15) is 10.6 Å². The van der Waals surface area contributed by atoms with Crippen molar-refractivity contribution in [3.8, 4) is 5.75 Å². The minimum atomic E-state index is -3.66. The molecule has 1 saturated heterocycles. The van der Waals surface area contributed by atoms with E-state index in [1.807, 2.05) is 6.92 Å². The fraction of sp³-hybridized carbons (Fsp3) is 0.538. The number of anilines is 1. The molecule has 0 aromatic heterocycles. The summed E-state index contributed by atoms with van der Waals surface area (Å²) >= 11 is 0. The molecule has 0 spiro atoms. The average Bonchev–Trinajstić information content (AvgIpc) is 2.84. The minimum absolute atomic E-state index is 0.0794. The molecule has 1 aliphatic heterocycles. The quantitative estimate of drug-likeness (QED) is 0.795. The summed E-state index contributed by atoms with van der Waals surface area (Å²) in [6.45, 7) is 2.81. The van der Waals surface area contributed by atoms with E-state index in [4.69, 9.17) is 15.2 Å². The first-order valence-corrected chi connectivity index (χ1v) is 7.92. The zero-order valence-electron chi connectivity index (χ0n) is 11.7. The first-order chi connectivity index (χ1) is 9.36. The highest BCUT2D eigenvalue weighted by atomic mass is 32.2. The lowest BCUT2D eigenvalue weighted by molar-refractivity contribution is 0.0250. The van der Waals surface area contributed by atoms with Crippen molar-refractivity contribution in [2.45, 2.75) is 30.3 Å². The van der Waals surface area contributed by atoms with Crippen molar-refractivity contribution in [1.29, 1.82) is 0 Å². The van der Waals surface area contributed by atoms with Gasteiger partial charge in [-0.1, -0.05) is 0 Å². The van der Waals surface area contributed by atoms with Crippen LogP contribution in [-0.4, -0.2) is 34.3 Å². The van der Waals surface area contributed by atoms with Crippen molar-refractivity contribution in [2.24, 2.45) is 0 Å². The van der Waals surface area contributed by atoms with Crippen molar-refractivity contribution >= 4 is 15.7 Å². The third kappa shape index (κ3) is 3.23. The predicted octanol–water partition coefficient (Wildman–Crippen LogP) is 1.12. The van der Waals surface area contributed by atoms with E-state index in [0.29, 0.717) is 12.3 Å². The summed E-state index contributed by atoms with van der Waals surface area (Å²) in [6.07, 6.45) is 1.79. The minimum Gasteiger partial charge on any atom is -0.495 e.